The van der Waals surface area contributed by atoms with E-state index < -0.39 is 24.0 Å². The normalized spacial score (nSPS) is 10.4. The highest BCUT2D eigenvalue weighted by atomic mass is 16.6. The fourth-order valence-electron chi connectivity index (χ4n) is 1.97. The number of esters is 3. The van der Waals surface area contributed by atoms with Crippen LogP contribution < -0.4 is 5.73 Å². The van der Waals surface area contributed by atoms with Crippen LogP contribution in [-0.2, 0) is 23.8 Å². The Hall–Kier alpha value is -2.77. The lowest BCUT2D eigenvalue weighted by Crippen LogP contribution is -2.31. The van der Waals surface area contributed by atoms with Crippen molar-refractivity contribution in [1.82, 2.24) is 0 Å². The second-order valence-electron chi connectivity index (χ2n) is 5.67. The predicted octanol–water partition coefficient (Wildman–Crippen LogP) is 2.19. The summed E-state index contributed by atoms with van der Waals surface area (Å²) >= 11 is 0. The zero-order valence-corrected chi connectivity index (χ0v) is 15.0. The van der Waals surface area contributed by atoms with Crippen molar-refractivity contribution in [3.8, 4) is 5.75 Å². The summed E-state index contributed by atoms with van der Waals surface area (Å²) < 4.78 is 15.3. The van der Waals surface area contributed by atoms with E-state index in [4.69, 9.17) is 19.9 Å². The number of nitrogen functional groups attached to an aromatic ring is 1. The Morgan fingerprint density at radius 2 is 1.58 bits per heavy atom. The number of carbonyl (C=O) groups is 3. The summed E-state index contributed by atoms with van der Waals surface area (Å²) in [5.41, 5.74) is 5.75. The van der Waals surface area contributed by atoms with Gasteiger partial charge in [-0.3, -0.25) is 9.59 Å². The summed E-state index contributed by atoms with van der Waals surface area (Å²) in [5.74, 6) is -2.05. The maximum atomic E-state index is 12.3. The topological polar surface area (TPSA) is 125 Å². The molecule has 8 heteroatoms. The van der Waals surface area contributed by atoms with Crippen LogP contribution in [0.15, 0.2) is 18.2 Å². The molecule has 0 aliphatic rings. The molecule has 0 radical (unpaired) electrons. The van der Waals surface area contributed by atoms with Gasteiger partial charge in [-0.05, 0) is 31.0 Å². The van der Waals surface area contributed by atoms with Crippen molar-refractivity contribution in [3.63, 3.8) is 0 Å². The Morgan fingerprint density at radius 1 is 1.04 bits per heavy atom. The van der Waals surface area contributed by atoms with Crippen molar-refractivity contribution in [2.45, 2.75) is 45.6 Å². The van der Waals surface area contributed by atoms with E-state index in [1.807, 2.05) is 13.8 Å². The highest BCUT2D eigenvalue weighted by molar-refractivity contribution is 5.93. The van der Waals surface area contributed by atoms with E-state index in [2.05, 4.69) is 0 Å². The van der Waals surface area contributed by atoms with Crippen LogP contribution in [0.2, 0.25) is 0 Å². The second-order valence-corrected chi connectivity index (χ2v) is 5.67. The fourth-order valence-corrected chi connectivity index (χ4v) is 1.97. The maximum absolute atomic E-state index is 12.3. The molecule has 0 fully saturated rings. The quantitative estimate of drug-likeness (QED) is 0.279. The number of phenols is 1. The first-order chi connectivity index (χ1) is 12.4. The van der Waals surface area contributed by atoms with E-state index >= 15 is 0 Å². The van der Waals surface area contributed by atoms with Gasteiger partial charge < -0.3 is 25.1 Å². The summed E-state index contributed by atoms with van der Waals surface area (Å²) in [6.07, 6.45) is 0.696. The van der Waals surface area contributed by atoms with Gasteiger partial charge in [0.15, 0.2) is 6.10 Å². The first-order valence-electron chi connectivity index (χ1n) is 8.48. The predicted molar refractivity (Wildman–Crippen MR) is 93.5 cm³/mol. The van der Waals surface area contributed by atoms with E-state index in [9.17, 15) is 19.5 Å². The minimum Gasteiger partial charge on any atom is -0.507 e. The van der Waals surface area contributed by atoms with E-state index in [1.165, 1.54) is 18.2 Å². The van der Waals surface area contributed by atoms with Crippen LogP contribution in [-0.4, -0.2) is 42.3 Å². The highest BCUT2D eigenvalue weighted by Gasteiger charge is 2.22. The first-order valence-corrected chi connectivity index (χ1v) is 8.48. The summed E-state index contributed by atoms with van der Waals surface area (Å²) in [4.78, 5) is 35.3. The van der Waals surface area contributed by atoms with Crippen molar-refractivity contribution in [2.24, 2.45) is 0 Å². The third-order valence-electron chi connectivity index (χ3n) is 3.28. The fraction of sp³-hybridized carbons (Fsp3) is 0.500. The number of anilines is 1. The number of nitrogens with two attached hydrogens (primary N) is 1. The standard InChI is InChI=1S/C18H25NO7/c1-3-5-16(21)24-10-13(11-25-17(22)6-4-2)26-18(23)14-9-12(19)7-8-15(14)20/h7-9,13,20H,3-6,10-11,19H2,1-2H3. The molecule has 8 nitrogen and oxygen atoms in total. The zero-order chi connectivity index (χ0) is 19.5. The minimum absolute atomic E-state index is 0.130. The lowest BCUT2D eigenvalue weighted by molar-refractivity contribution is -0.152. The van der Waals surface area contributed by atoms with E-state index in [-0.39, 0.29) is 43.1 Å². The first kappa shape index (κ1) is 21.3. The SMILES string of the molecule is CCCC(=O)OCC(COC(=O)CCC)OC(=O)c1cc(N)ccc1O. The van der Waals surface area contributed by atoms with Crippen LogP contribution in [0.5, 0.6) is 5.75 Å². The van der Waals surface area contributed by atoms with Crippen molar-refractivity contribution in [1.29, 1.82) is 0 Å². The number of phenolic OH excluding ortho intramolecular Hbond substituents is 1. The molecule has 0 aliphatic heterocycles. The average Bonchev–Trinajstić information content (AvgIpc) is 2.59. The van der Waals surface area contributed by atoms with Gasteiger partial charge in [0.2, 0.25) is 0 Å². The number of hydrogen-bond acceptors (Lipinski definition) is 8. The molecule has 0 aliphatic carbocycles. The van der Waals surface area contributed by atoms with Crippen LogP contribution in [0, 0.1) is 0 Å². The molecule has 0 bridgehead atoms. The molecule has 0 saturated heterocycles. The van der Waals surface area contributed by atoms with Crippen LogP contribution in [0.3, 0.4) is 0 Å². The van der Waals surface area contributed by atoms with Crippen molar-refractivity contribution in [3.05, 3.63) is 23.8 Å². The largest absolute Gasteiger partial charge is 0.507 e. The maximum Gasteiger partial charge on any atom is 0.342 e. The van der Waals surface area contributed by atoms with Crippen molar-refractivity contribution in [2.75, 3.05) is 18.9 Å². The van der Waals surface area contributed by atoms with Crippen LogP contribution >= 0.6 is 0 Å². The lowest BCUT2D eigenvalue weighted by atomic mass is 10.2. The Bertz CT molecular complexity index is 608. The third-order valence-corrected chi connectivity index (χ3v) is 3.28. The monoisotopic (exact) mass is 367 g/mol. The van der Waals surface area contributed by atoms with E-state index in [0.29, 0.717) is 12.8 Å². The number of rotatable bonds is 10. The smallest absolute Gasteiger partial charge is 0.342 e. The molecule has 0 amide bonds. The molecular weight excluding hydrogens is 342 g/mol. The summed E-state index contributed by atoms with van der Waals surface area (Å²) in [6.45, 7) is 3.14. The molecule has 26 heavy (non-hydrogen) atoms. The Balaban J connectivity index is 2.75. The molecule has 0 heterocycles. The Morgan fingerprint density at radius 3 is 2.08 bits per heavy atom. The van der Waals surface area contributed by atoms with Gasteiger partial charge in [0, 0.05) is 18.5 Å². The Labute approximate surface area is 152 Å². The van der Waals surface area contributed by atoms with Gasteiger partial charge in [-0.1, -0.05) is 13.8 Å². The van der Waals surface area contributed by atoms with Gasteiger partial charge in [0.05, 0.1) is 0 Å². The highest BCUT2D eigenvalue weighted by Crippen LogP contribution is 2.21. The molecule has 3 N–H and O–H groups in total. The summed E-state index contributed by atoms with van der Waals surface area (Å²) in [6, 6.07) is 3.97. The van der Waals surface area contributed by atoms with Gasteiger partial charge in [-0.15, -0.1) is 0 Å². The van der Waals surface area contributed by atoms with E-state index in [1.54, 1.807) is 0 Å². The van der Waals surface area contributed by atoms with Crippen molar-refractivity contribution < 1.29 is 33.7 Å². The molecular formula is C18H25NO7. The van der Waals surface area contributed by atoms with Gasteiger partial charge in [-0.25, -0.2) is 4.79 Å². The lowest BCUT2D eigenvalue weighted by Gasteiger charge is -2.18. The van der Waals surface area contributed by atoms with E-state index in [0.717, 1.165) is 0 Å². The summed E-state index contributed by atoms with van der Waals surface area (Å²) in [5, 5.41) is 9.77. The van der Waals surface area contributed by atoms with Gasteiger partial charge >= 0.3 is 17.9 Å². The number of benzene rings is 1. The zero-order valence-electron chi connectivity index (χ0n) is 15.0. The molecule has 1 rings (SSSR count). The van der Waals surface area contributed by atoms with Gasteiger partial charge in [0.25, 0.3) is 0 Å². The third kappa shape index (κ3) is 7.42. The molecule has 1 aromatic rings. The van der Waals surface area contributed by atoms with Crippen LogP contribution in [0.4, 0.5) is 5.69 Å². The Kier molecular flexibility index (Phi) is 8.97. The molecule has 0 aromatic heterocycles. The summed E-state index contributed by atoms with van der Waals surface area (Å²) in [7, 11) is 0. The van der Waals surface area contributed by atoms with Crippen LogP contribution in [0.1, 0.15) is 49.9 Å². The molecule has 0 saturated carbocycles. The van der Waals surface area contributed by atoms with Crippen molar-refractivity contribution >= 4 is 23.6 Å². The molecule has 1 aromatic carbocycles. The number of aromatic hydroxyl groups is 1. The average molecular weight is 367 g/mol. The van der Waals surface area contributed by atoms with Gasteiger partial charge in [-0.2, -0.15) is 0 Å². The molecule has 0 spiro atoms. The molecule has 0 unspecified atom stereocenters. The number of hydrogen-bond donors (Lipinski definition) is 2. The van der Waals surface area contributed by atoms with Gasteiger partial charge in [0.1, 0.15) is 24.5 Å². The number of ether oxygens (including phenoxy) is 3. The minimum atomic E-state index is -0.995. The van der Waals surface area contributed by atoms with Crippen LogP contribution in [0.25, 0.3) is 0 Å². The second kappa shape index (κ2) is 11.0. The molecule has 0 atom stereocenters. The molecule has 144 valence electrons. The number of carbonyl (C=O) groups excluding carboxylic acids is 3.